The molecule has 1 N–H and O–H groups in total. The summed E-state index contributed by atoms with van der Waals surface area (Å²) in [5.41, 5.74) is 4.04. The molecule has 1 rings (SSSR count). The molecule has 15 heavy (non-hydrogen) atoms. The molecule has 0 heterocycles. The Kier molecular flexibility index (Phi) is 4.79. The molecule has 2 nitrogen and oxygen atoms in total. The number of aryl methyl sites for hydroxylation is 2. The topological polar surface area (TPSA) is 21.3 Å². The van der Waals surface area contributed by atoms with Crippen LogP contribution in [0.5, 0.6) is 0 Å². The zero-order valence-corrected chi connectivity index (χ0v) is 10.1. The molecule has 0 saturated carbocycles. The minimum Gasteiger partial charge on any atom is -0.383 e. The van der Waals surface area contributed by atoms with Gasteiger partial charge < -0.3 is 10.1 Å². The highest BCUT2D eigenvalue weighted by Gasteiger charge is 2.01. The van der Waals surface area contributed by atoms with Crippen molar-refractivity contribution in [1.29, 1.82) is 0 Å². The Morgan fingerprint density at radius 1 is 1.27 bits per heavy atom. The van der Waals surface area contributed by atoms with Gasteiger partial charge in [0.25, 0.3) is 0 Å². The molecular weight excluding hydrogens is 186 g/mol. The Morgan fingerprint density at radius 2 is 2.00 bits per heavy atom. The highest BCUT2D eigenvalue weighted by molar-refractivity contribution is 5.29. The quantitative estimate of drug-likeness (QED) is 0.800. The molecule has 0 aromatic heterocycles. The van der Waals surface area contributed by atoms with Crippen molar-refractivity contribution >= 4 is 0 Å². The summed E-state index contributed by atoms with van der Waals surface area (Å²) < 4.78 is 5.07. The molecule has 0 unspecified atom stereocenters. The maximum absolute atomic E-state index is 5.07. The molecule has 1 aromatic carbocycles. The average molecular weight is 207 g/mol. The van der Waals surface area contributed by atoms with E-state index in [4.69, 9.17) is 4.74 Å². The fourth-order valence-electron chi connectivity index (χ4n) is 1.51. The molecule has 2 heteroatoms. The normalized spacial score (nSPS) is 12.8. The maximum Gasteiger partial charge on any atom is 0.0613 e. The highest BCUT2D eigenvalue weighted by atomic mass is 16.5. The predicted octanol–water partition coefficient (Wildman–Crippen LogP) is 2.43. The third-order valence-electron chi connectivity index (χ3n) is 2.64. The lowest BCUT2D eigenvalue weighted by molar-refractivity contribution is 0.171. The van der Waals surface area contributed by atoms with E-state index in [1.165, 1.54) is 16.7 Å². The SMILES string of the molecule is COC[C@@H](C)NCc1ccc(C)c(C)c1. The lowest BCUT2D eigenvalue weighted by Gasteiger charge is -2.13. The van der Waals surface area contributed by atoms with Gasteiger partial charge in [0.1, 0.15) is 0 Å². The van der Waals surface area contributed by atoms with Crippen LogP contribution in [0.4, 0.5) is 0 Å². The van der Waals surface area contributed by atoms with Crippen molar-refractivity contribution in [2.45, 2.75) is 33.4 Å². The fourth-order valence-corrected chi connectivity index (χ4v) is 1.51. The van der Waals surface area contributed by atoms with Gasteiger partial charge in [-0.15, -0.1) is 0 Å². The Balaban J connectivity index is 2.47. The van der Waals surface area contributed by atoms with Crippen LogP contribution < -0.4 is 5.32 Å². The number of rotatable bonds is 5. The summed E-state index contributed by atoms with van der Waals surface area (Å²) in [5.74, 6) is 0. The molecule has 0 saturated heterocycles. The average Bonchev–Trinajstić information content (AvgIpc) is 2.20. The minimum atomic E-state index is 0.400. The van der Waals surface area contributed by atoms with Gasteiger partial charge in [0.15, 0.2) is 0 Å². The van der Waals surface area contributed by atoms with Crippen LogP contribution in [0, 0.1) is 13.8 Å². The second kappa shape index (κ2) is 5.89. The van der Waals surface area contributed by atoms with E-state index in [-0.39, 0.29) is 0 Å². The van der Waals surface area contributed by atoms with Crippen molar-refractivity contribution in [1.82, 2.24) is 5.32 Å². The Morgan fingerprint density at radius 3 is 2.60 bits per heavy atom. The van der Waals surface area contributed by atoms with Crippen LogP contribution in [0.25, 0.3) is 0 Å². The summed E-state index contributed by atoms with van der Waals surface area (Å²) in [7, 11) is 1.73. The zero-order valence-electron chi connectivity index (χ0n) is 10.1. The monoisotopic (exact) mass is 207 g/mol. The number of hydrogen-bond acceptors (Lipinski definition) is 2. The van der Waals surface area contributed by atoms with Gasteiger partial charge in [0, 0.05) is 19.7 Å². The lowest BCUT2D eigenvalue weighted by atomic mass is 10.1. The minimum absolute atomic E-state index is 0.400. The number of hydrogen-bond donors (Lipinski definition) is 1. The maximum atomic E-state index is 5.07. The molecule has 84 valence electrons. The van der Waals surface area contributed by atoms with Crippen LogP contribution >= 0.6 is 0 Å². The van der Waals surface area contributed by atoms with Gasteiger partial charge in [-0.1, -0.05) is 18.2 Å². The summed E-state index contributed by atoms with van der Waals surface area (Å²) in [5, 5.41) is 3.42. The third kappa shape index (κ3) is 4.02. The van der Waals surface area contributed by atoms with Crippen LogP contribution in [-0.2, 0) is 11.3 Å². The van der Waals surface area contributed by atoms with Gasteiger partial charge in [0.2, 0.25) is 0 Å². The van der Waals surface area contributed by atoms with E-state index in [2.05, 4.69) is 44.3 Å². The van der Waals surface area contributed by atoms with Crippen molar-refractivity contribution in [2.75, 3.05) is 13.7 Å². The standard InChI is InChI=1S/C13H21NO/c1-10-5-6-13(7-11(10)2)8-14-12(3)9-15-4/h5-7,12,14H,8-9H2,1-4H3/t12-/m1/s1. The molecule has 0 aliphatic carbocycles. The summed E-state index contributed by atoms with van der Waals surface area (Å²) in [6.07, 6.45) is 0. The Bertz CT molecular complexity index is 309. The predicted molar refractivity (Wildman–Crippen MR) is 64.1 cm³/mol. The first-order chi connectivity index (χ1) is 7.13. The molecule has 0 radical (unpaired) electrons. The van der Waals surface area contributed by atoms with Gasteiger partial charge in [-0.25, -0.2) is 0 Å². The first-order valence-electron chi connectivity index (χ1n) is 5.42. The smallest absolute Gasteiger partial charge is 0.0613 e. The van der Waals surface area contributed by atoms with Gasteiger partial charge >= 0.3 is 0 Å². The summed E-state index contributed by atoms with van der Waals surface area (Å²) >= 11 is 0. The molecule has 1 atom stereocenters. The fraction of sp³-hybridized carbons (Fsp3) is 0.538. The van der Waals surface area contributed by atoms with Gasteiger partial charge in [-0.05, 0) is 37.5 Å². The van der Waals surface area contributed by atoms with Gasteiger partial charge in [0.05, 0.1) is 6.61 Å². The number of nitrogens with one attached hydrogen (secondary N) is 1. The largest absolute Gasteiger partial charge is 0.383 e. The Labute approximate surface area is 92.6 Å². The second-order valence-electron chi connectivity index (χ2n) is 4.16. The van der Waals surface area contributed by atoms with Crippen molar-refractivity contribution in [3.05, 3.63) is 34.9 Å². The molecule has 0 aliphatic heterocycles. The lowest BCUT2D eigenvalue weighted by Crippen LogP contribution is -2.29. The molecule has 0 spiro atoms. The summed E-state index contributed by atoms with van der Waals surface area (Å²) in [4.78, 5) is 0. The second-order valence-corrected chi connectivity index (χ2v) is 4.16. The van der Waals surface area contributed by atoms with Crippen molar-refractivity contribution in [2.24, 2.45) is 0 Å². The van der Waals surface area contributed by atoms with Gasteiger partial charge in [-0.2, -0.15) is 0 Å². The molecule has 0 aliphatic rings. The first-order valence-corrected chi connectivity index (χ1v) is 5.42. The number of methoxy groups -OCH3 is 1. The van der Waals surface area contributed by atoms with Crippen molar-refractivity contribution in [3.63, 3.8) is 0 Å². The first kappa shape index (κ1) is 12.2. The van der Waals surface area contributed by atoms with Crippen molar-refractivity contribution in [3.8, 4) is 0 Å². The van der Waals surface area contributed by atoms with Crippen molar-refractivity contribution < 1.29 is 4.74 Å². The van der Waals surface area contributed by atoms with E-state index < -0.39 is 0 Å². The third-order valence-corrected chi connectivity index (χ3v) is 2.64. The van der Waals surface area contributed by atoms with E-state index in [0.717, 1.165) is 13.2 Å². The zero-order chi connectivity index (χ0) is 11.3. The number of benzene rings is 1. The summed E-state index contributed by atoms with van der Waals surface area (Å²) in [6, 6.07) is 6.99. The highest BCUT2D eigenvalue weighted by Crippen LogP contribution is 2.09. The Hall–Kier alpha value is -0.860. The van der Waals surface area contributed by atoms with E-state index in [9.17, 15) is 0 Å². The van der Waals surface area contributed by atoms with E-state index in [1.54, 1.807) is 7.11 Å². The van der Waals surface area contributed by atoms with Crippen LogP contribution in [0.2, 0.25) is 0 Å². The molecule has 0 amide bonds. The van der Waals surface area contributed by atoms with Gasteiger partial charge in [-0.3, -0.25) is 0 Å². The molecule has 0 bridgehead atoms. The van der Waals surface area contributed by atoms with Crippen LogP contribution in [-0.4, -0.2) is 19.8 Å². The number of ether oxygens (including phenoxy) is 1. The van der Waals surface area contributed by atoms with E-state index in [1.807, 2.05) is 0 Å². The molecule has 1 aromatic rings. The van der Waals surface area contributed by atoms with E-state index in [0.29, 0.717) is 6.04 Å². The van der Waals surface area contributed by atoms with Crippen LogP contribution in [0.1, 0.15) is 23.6 Å². The molecule has 0 fully saturated rings. The summed E-state index contributed by atoms with van der Waals surface area (Å²) in [6.45, 7) is 8.08. The van der Waals surface area contributed by atoms with E-state index >= 15 is 0 Å². The van der Waals surface area contributed by atoms with Crippen LogP contribution in [0.3, 0.4) is 0 Å². The van der Waals surface area contributed by atoms with Crippen LogP contribution in [0.15, 0.2) is 18.2 Å². The molecular formula is C13H21NO.